The molecule has 0 aromatic carbocycles. The van der Waals surface area contributed by atoms with E-state index in [1.807, 2.05) is 5.38 Å². The molecular formula is C11H11ClN4O3S2. The fourth-order valence-corrected chi connectivity index (χ4v) is 4.31. The van der Waals surface area contributed by atoms with Gasteiger partial charge in [-0.3, -0.25) is 9.69 Å². The summed E-state index contributed by atoms with van der Waals surface area (Å²) in [4.78, 5) is 21.8. The SMILES string of the molecule is NS(=O)(=O)CC1CC(=O)N(c2nc(Cl)nc3ccsc23)C1. The maximum absolute atomic E-state index is 12.1. The molecule has 2 N–H and O–H groups in total. The molecule has 7 nitrogen and oxygen atoms in total. The number of hydrogen-bond donors (Lipinski definition) is 1. The summed E-state index contributed by atoms with van der Waals surface area (Å²) in [6.07, 6.45) is 0.130. The highest BCUT2D eigenvalue weighted by molar-refractivity contribution is 7.89. The minimum atomic E-state index is -3.61. The van der Waals surface area contributed by atoms with E-state index in [0.717, 1.165) is 4.70 Å². The maximum atomic E-state index is 12.1. The summed E-state index contributed by atoms with van der Waals surface area (Å²) < 4.78 is 23.1. The number of anilines is 1. The zero-order valence-corrected chi connectivity index (χ0v) is 13.1. The summed E-state index contributed by atoms with van der Waals surface area (Å²) in [6.45, 7) is 0.260. The van der Waals surface area contributed by atoms with Crippen molar-refractivity contribution in [3.05, 3.63) is 16.7 Å². The first-order valence-corrected chi connectivity index (χ1v) is 9.02. The summed E-state index contributed by atoms with van der Waals surface area (Å²) in [7, 11) is -3.61. The highest BCUT2D eigenvalue weighted by Crippen LogP contribution is 2.33. The number of halogens is 1. The zero-order valence-electron chi connectivity index (χ0n) is 10.7. The van der Waals surface area contributed by atoms with Crippen LogP contribution in [0.2, 0.25) is 5.28 Å². The molecule has 0 radical (unpaired) electrons. The highest BCUT2D eigenvalue weighted by atomic mass is 35.5. The van der Waals surface area contributed by atoms with E-state index in [1.165, 1.54) is 16.2 Å². The Labute approximate surface area is 129 Å². The molecule has 0 aliphatic carbocycles. The summed E-state index contributed by atoms with van der Waals surface area (Å²) in [5.41, 5.74) is 0.665. The number of nitrogens with zero attached hydrogens (tertiary/aromatic N) is 3. The smallest absolute Gasteiger partial charge is 0.228 e. The Kier molecular flexibility index (Phi) is 3.60. The Morgan fingerprint density at radius 2 is 2.24 bits per heavy atom. The molecule has 1 atom stereocenters. The average molecular weight is 347 g/mol. The maximum Gasteiger partial charge on any atom is 0.228 e. The standard InChI is InChI=1S/C11H11ClN4O3S2/c12-11-14-7-1-2-20-9(7)10(15-11)16-4-6(3-8(16)17)5-21(13,18)19/h1-2,6H,3-5H2,(H2,13,18,19). The number of sulfonamides is 1. The van der Waals surface area contributed by atoms with Crippen LogP contribution in [0.25, 0.3) is 10.2 Å². The molecule has 2 aromatic rings. The molecule has 21 heavy (non-hydrogen) atoms. The van der Waals surface area contributed by atoms with Crippen molar-refractivity contribution in [2.75, 3.05) is 17.2 Å². The van der Waals surface area contributed by atoms with Crippen molar-refractivity contribution in [3.8, 4) is 0 Å². The van der Waals surface area contributed by atoms with Crippen LogP contribution in [-0.4, -0.2) is 36.6 Å². The van der Waals surface area contributed by atoms with Crippen LogP contribution in [-0.2, 0) is 14.8 Å². The van der Waals surface area contributed by atoms with Crippen molar-refractivity contribution < 1.29 is 13.2 Å². The van der Waals surface area contributed by atoms with Crippen LogP contribution in [0.5, 0.6) is 0 Å². The van der Waals surface area contributed by atoms with Gasteiger partial charge in [-0.15, -0.1) is 11.3 Å². The number of aromatic nitrogens is 2. The van der Waals surface area contributed by atoms with Gasteiger partial charge in [0.25, 0.3) is 0 Å². The lowest BCUT2D eigenvalue weighted by atomic mass is 10.1. The molecule has 10 heteroatoms. The summed E-state index contributed by atoms with van der Waals surface area (Å²) in [5, 5.41) is 6.93. The van der Waals surface area contributed by atoms with E-state index in [2.05, 4.69) is 9.97 Å². The number of carbonyl (C=O) groups excluding carboxylic acids is 1. The third-order valence-electron chi connectivity index (χ3n) is 3.19. The zero-order chi connectivity index (χ0) is 15.2. The monoisotopic (exact) mass is 346 g/mol. The van der Waals surface area contributed by atoms with E-state index in [-0.39, 0.29) is 35.8 Å². The third kappa shape index (κ3) is 3.00. The lowest BCUT2D eigenvalue weighted by Gasteiger charge is -2.16. The number of thiophene rings is 1. The van der Waals surface area contributed by atoms with Crippen LogP contribution < -0.4 is 10.0 Å². The Balaban J connectivity index is 1.96. The molecule has 112 valence electrons. The van der Waals surface area contributed by atoms with Gasteiger partial charge < -0.3 is 0 Å². The van der Waals surface area contributed by atoms with Gasteiger partial charge in [0.1, 0.15) is 0 Å². The van der Waals surface area contributed by atoms with Gasteiger partial charge in [0.05, 0.1) is 16.0 Å². The number of rotatable bonds is 3. The molecule has 0 bridgehead atoms. The van der Waals surface area contributed by atoms with Gasteiger partial charge in [0, 0.05) is 18.9 Å². The average Bonchev–Trinajstić information content (AvgIpc) is 2.92. The Morgan fingerprint density at radius 1 is 1.48 bits per heavy atom. The van der Waals surface area contributed by atoms with Gasteiger partial charge in [-0.25, -0.2) is 18.5 Å². The van der Waals surface area contributed by atoms with Crippen molar-refractivity contribution in [1.29, 1.82) is 0 Å². The van der Waals surface area contributed by atoms with Crippen LogP contribution in [0.3, 0.4) is 0 Å². The van der Waals surface area contributed by atoms with E-state index in [9.17, 15) is 13.2 Å². The van der Waals surface area contributed by atoms with Crippen molar-refractivity contribution in [2.45, 2.75) is 6.42 Å². The van der Waals surface area contributed by atoms with Crippen LogP contribution in [0.15, 0.2) is 11.4 Å². The quantitative estimate of drug-likeness (QED) is 0.834. The Bertz CT molecular complexity index is 820. The Morgan fingerprint density at radius 3 is 2.95 bits per heavy atom. The van der Waals surface area contributed by atoms with Gasteiger partial charge in [0.2, 0.25) is 21.2 Å². The second-order valence-electron chi connectivity index (χ2n) is 4.86. The Hall–Kier alpha value is -1.29. The van der Waals surface area contributed by atoms with Gasteiger partial charge in [-0.1, -0.05) is 0 Å². The highest BCUT2D eigenvalue weighted by Gasteiger charge is 2.34. The molecule has 1 aliphatic rings. The second kappa shape index (κ2) is 5.16. The van der Waals surface area contributed by atoms with Gasteiger partial charge in [-0.05, 0) is 23.0 Å². The van der Waals surface area contributed by atoms with E-state index in [0.29, 0.717) is 11.3 Å². The molecule has 0 saturated carbocycles. The van der Waals surface area contributed by atoms with Crippen molar-refractivity contribution >= 4 is 54.9 Å². The minimum absolute atomic E-state index is 0.0543. The topological polar surface area (TPSA) is 106 Å². The molecular weight excluding hydrogens is 336 g/mol. The van der Waals surface area contributed by atoms with Crippen LogP contribution in [0, 0.1) is 5.92 Å². The molecule has 1 fully saturated rings. The van der Waals surface area contributed by atoms with Crippen molar-refractivity contribution in [3.63, 3.8) is 0 Å². The third-order valence-corrected chi connectivity index (χ3v) is 5.19. The first kappa shape index (κ1) is 14.6. The minimum Gasteiger partial charge on any atom is -0.295 e. The van der Waals surface area contributed by atoms with Crippen molar-refractivity contribution in [2.24, 2.45) is 11.1 Å². The molecule has 3 rings (SSSR count). The summed E-state index contributed by atoms with van der Waals surface area (Å²) in [5.74, 6) is -0.312. The van der Waals surface area contributed by atoms with E-state index >= 15 is 0 Å². The van der Waals surface area contributed by atoms with Gasteiger partial charge in [0.15, 0.2) is 5.82 Å². The molecule has 1 saturated heterocycles. The first-order valence-electron chi connectivity index (χ1n) is 6.05. The lowest BCUT2D eigenvalue weighted by molar-refractivity contribution is -0.117. The van der Waals surface area contributed by atoms with E-state index in [1.54, 1.807) is 6.07 Å². The first-order chi connectivity index (χ1) is 9.83. The number of nitrogens with two attached hydrogens (primary N) is 1. The predicted molar refractivity (Wildman–Crippen MR) is 80.9 cm³/mol. The predicted octanol–water partition coefficient (Wildman–Crippen LogP) is 0.986. The van der Waals surface area contributed by atoms with Crippen LogP contribution in [0.1, 0.15) is 6.42 Å². The van der Waals surface area contributed by atoms with E-state index in [4.69, 9.17) is 16.7 Å². The van der Waals surface area contributed by atoms with Crippen molar-refractivity contribution in [1.82, 2.24) is 9.97 Å². The fourth-order valence-electron chi connectivity index (χ4n) is 2.43. The summed E-state index contributed by atoms with van der Waals surface area (Å²) in [6, 6.07) is 1.79. The number of amides is 1. The number of carbonyl (C=O) groups is 1. The normalized spacial score (nSPS) is 19.6. The molecule has 1 amide bonds. The summed E-state index contributed by atoms with van der Waals surface area (Å²) >= 11 is 7.28. The molecule has 2 aromatic heterocycles. The molecule has 1 unspecified atom stereocenters. The molecule has 1 aliphatic heterocycles. The van der Waals surface area contributed by atoms with Gasteiger partial charge in [-0.2, -0.15) is 4.98 Å². The number of primary sulfonamides is 1. The molecule has 0 spiro atoms. The van der Waals surface area contributed by atoms with E-state index < -0.39 is 10.0 Å². The van der Waals surface area contributed by atoms with Crippen LogP contribution >= 0.6 is 22.9 Å². The van der Waals surface area contributed by atoms with Gasteiger partial charge >= 0.3 is 0 Å². The van der Waals surface area contributed by atoms with Crippen LogP contribution in [0.4, 0.5) is 5.82 Å². The second-order valence-corrected chi connectivity index (χ2v) is 7.77. The largest absolute Gasteiger partial charge is 0.295 e. The number of fused-ring (bicyclic) bond motifs is 1. The molecule has 3 heterocycles. The lowest BCUT2D eigenvalue weighted by Crippen LogP contribution is -2.28. The number of hydrogen-bond acceptors (Lipinski definition) is 6. The fraction of sp³-hybridized carbons (Fsp3) is 0.364.